The van der Waals surface area contributed by atoms with Gasteiger partial charge >= 0.3 is 6.61 Å². The first-order valence-corrected chi connectivity index (χ1v) is 6.61. The van der Waals surface area contributed by atoms with E-state index in [2.05, 4.69) is 10.1 Å². The van der Waals surface area contributed by atoms with Gasteiger partial charge in [-0.25, -0.2) is 4.39 Å². The molecule has 2 aromatic rings. The summed E-state index contributed by atoms with van der Waals surface area (Å²) in [5.74, 6) is -0.335. The molecule has 6 heteroatoms. The Morgan fingerprint density at radius 1 is 1.00 bits per heavy atom. The second-order valence-corrected chi connectivity index (χ2v) is 4.78. The molecular weight excluding hydrogens is 303 g/mol. The number of nitrogens with one attached hydrogen (secondary N) is 1. The molecule has 0 spiro atoms. The van der Waals surface area contributed by atoms with Crippen LogP contribution < -0.4 is 10.1 Å². The molecule has 0 aromatic heterocycles. The van der Waals surface area contributed by atoms with E-state index in [0.29, 0.717) is 13.1 Å². The zero-order chi connectivity index (χ0) is 15.2. The fourth-order valence-corrected chi connectivity index (χ4v) is 1.91. The van der Waals surface area contributed by atoms with Crippen LogP contribution in [0.5, 0.6) is 5.75 Å². The topological polar surface area (TPSA) is 21.3 Å². The highest BCUT2D eigenvalue weighted by atomic mass is 35.5. The summed E-state index contributed by atoms with van der Waals surface area (Å²) >= 11 is 5.60. The Labute approximate surface area is 125 Å². The van der Waals surface area contributed by atoms with Crippen LogP contribution >= 0.6 is 11.6 Å². The summed E-state index contributed by atoms with van der Waals surface area (Å²) in [4.78, 5) is 0. The van der Waals surface area contributed by atoms with E-state index in [0.717, 1.165) is 11.1 Å². The van der Waals surface area contributed by atoms with Gasteiger partial charge in [-0.05, 0) is 35.4 Å². The largest absolute Gasteiger partial charge is 0.435 e. The molecule has 0 aliphatic rings. The Bertz CT molecular complexity index is 590. The van der Waals surface area contributed by atoms with Crippen molar-refractivity contribution in [2.75, 3.05) is 0 Å². The molecule has 0 aliphatic heterocycles. The third kappa shape index (κ3) is 4.95. The zero-order valence-corrected chi connectivity index (χ0v) is 11.7. The molecule has 2 rings (SSSR count). The lowest BCUT2D eigenvalue weighted by Crippen LogP contribution is -2.12. The summed E-state index contributed by atoms with van der Waals surface area (Å²) in [5, 5.41) is 3.22. The van der Waals surface area contributed by atoms with Crippen molar-refractivity contribution < 1.29 is 17.9 Å². The van der Waals surface area contributed by atoms with Crippen LogP contribution in [0.1, 0.15) is 11.1 Å². The van der Waals surface area contributed by atoms with Crippen LogP contribution in [0.15, 0.2) is 42.5 Å². The van der Waals surface area contributed by atoms with Crippen LogP contribution in [0, 0.1) is 5.82 Å². The number of hydrogen-bond donors (Lipinski definition) is 1. The average Bonchev–Trinajstić information content (AvgIpc) is 2.44. The summed E-state index contributed by atoms with van der Waals surface area (Å²) < 4.78 is 41.5. The van der Waals surface area contributed by atoms with Crippen LogP contribution in [0.2, 0.25) is 5.02 Å². The lowest BCUT2D eigenvalue weighted by atomic mass is 10.2. The van der Waals surface area contributed by atoms with Crippen molar-refractivity contribution in [3.8, 4) is 5.75 Å². The Hall–Kier alpha value is -1.72. The standard InChI is InChI=1S/C15H13ClF3NO/c16-13-6-3-11(7-14(13)17)9-20-8-10-1-4-12(5-2-10)21-15(18)19/h1-7,15,20H,8-9H2. The Balaban J connectivity index is 1.84. The monoisotopic (exact) mass is 315 g/mol. The molecule has 0 heterocycles. The van der Waals surface area contributed by atoms with Crippen LogP contribution in [0.4, 0.5) is 13.2 Å². The van der Waals surface area contributed by atoms with Crippen LogP contribution in [-0.4, -0.2) is 6.61 Å². The molecule has 0 atom stereocenters. The molecule has 2 nitrogen and oxygen atoms in total. The third-order valence-electron chi connectivity index (χ3n) is 2.79. The highest BCUT2D eigenvalue weighted by molar-refractivity contribution is 6.30. The molecule has 1 N–H and O–H groups in total. The molecule has 0 fully saturated rings. The van der Waals surface area contributed by atoms with Gasteiger partial charge in [-0.15, -0.1) is 0 Å². The quantitative estimate of drug-likeness (QED) is 0.854. The van der Waals surface area contributed by atoms with Crippen molar-refractivity contribution >= 4 is 11.6 Å². The summed E-state index contributed by atoms with van der Waals surface area (Å²) in [6, 6.07) is 10.9. The predicted octanol–water partition coefficient (Wildman–Crippen LogP) is 4.37. The fraction of sp³-hybridized carbons (Fsp3) is 0.200. The molecule has 21 heavy (non-hydrogen) atoms. The number of benzene rings is 2. The number of ether oxygens (including phenoxy) is 1. The smallest absolute Gasteiger partial charge is 0.387 e. The molecule has 2 aromatic carbocycles. The van der Waals surface area contributed by atoms with Crippen LogP contribution in [0.25, 0.3) is 0 Å². The lowest BCUT2D eigenvalue weighted by Gasteiger charge is -2.08. The maximum absolute atomic E-state index is 13.2. The fourth-order valence-electron chi connectivity index (χ4n) is 1.79. The zero-order valence-electron chi connectivity index (χ0n) is 11.0. The van der Waals surface area contributed by atoms with E-state index in [4.69, 9.17) is 11.6 Å². The average molecular weight is 316 g/mol. The molecule has 0 amide bonds. The molecule has 0 aliphatic carbocycles. The van der Waals surface area contributed by atoms with Crippen molar-refractivity contribution in [3.63, 3.8) is 0 Å². The molecule has 0 saturated carbocycles. The Morgan fingerprint density at radius 2 is 1.62 bits per heavy atom. The van der Waals surface area contributed by atoms with E-state index in [1.54, 1.807) is 18.2 Å². The van der Waals surface area contributed by atoms with Gasteiger partial charge in [0.2, 0.25) is 0 Å². The van der Waals surface area contributed by atoms with E-state index in [1.165, 1.54) is 24.3 Å². The maximum Gasteiger partial charge on any atom is 0.387 e. The first-order chi connectivity index (χ1) is 10.0. The number of hydrogen-bond acceptors (Lipinski definition) is 2. The maximum atomic E-state index is 13.2. The van der Waals surface area contributed by atoms with Crippen molar-refractivity contribution in [1.29, 1.82) is 0 Å². The normalized spacial score (nSPS) is 10.9. The van der Waals surface area contributed by atoms with Gasteiger partial charge in [0.1, 0.15) is 11.6 Å². The molecule has 0 saturated heterocycles. The number of rotatable bonds is 6. The van der Waals surface area contributed by atoms with Gasteiger partial charge in [-0.1, -0.05) is 29.8 Å². The van der Waals surface area contributed by atoms with E-state index >= 15 is 0 Å². The van der Waals surface area contributed by atoms with Crippen molar-refractivity contribution in [1.82, 2.24) is 5.32 Å². The van der Waals surface area contributed by atoms with E-state index < -0.39 is 12.4 Å². The summed E-state index contributed by atoms with van der Waals surface area (Å²) in [6.07, 6.45) is 0. The highest BCUT2D eigenvalue weighted by Gasteiger charge is 2.04. The lowest BCUT2D eigenvalue weighted by molar-refractivity contribution is -0.0498. The second kappa shape index (κ2) is 7.33. The molecule has 0 bridgehead atoms. The number of halogens is 4. The summed E-state index contributed by atoms with van der Waals surface area (Å²) in [7, 11) is 0. The van der Waals surface area contributed by atoms with Crippen molar-refractivity contribution in [3.05, 3.63) is 64.4 Å². The van der Waals surface area contributed by atoms with E-state index in [-0.39, 0.29) is 10.8 Å². The van der Waals surface area contributed by atoms with Crippen LogP contribution in [-0.2, 0) is 13.1 Å². The molecule has 112 valence electrons. The summed E-state index contributed by atoms with van der Waals surface area (Å²) in [6.45, 7) is -1.82. The van der Waals surface area contributed by atoms with Gasteiger partial charge in [0.15, 0.2) is 0 Å². The molecular formula is C15H13ClF3NO. The summed E-state index contributed by atoms with van der Waals surface area (Å²) in [5.41, 5.74) is 1.68. The van der Waals surface area contributed by atoms with E-state index in [1.807, 2.05) is 0 Å². The highest BCUT2D eigenvalue weighted by Crippen LogP contribution is 2.16. The Morgan fingerprint density at radius 3 is 2.24 bits per heavy atom. The van der Waals surface area contributed by atoms with Gasteiger partial charge < -0.3 is 10.1 Å². The number of alkyl halides is 2. The first-order valence-electron chi connectivity index (χ1n) is 6.23. The van der Waals surface area contributed by atoms with Gasteiger partial charge in [0.25, 0.3) is 0 Å². The van der Waals surface area contributed by atoms with Gasteiger partial charge in [-0.3, -0.25) is 0 Å². The second-order valence-electron chi connectivity index (χ2n) is 4.37. The van der Waals surface area contributed by atoms with Crippen molar-refractivity contribution in [2.45, 2.75) is 19.7 Å². The predicted molar refractivity (Wildman–Crippen MR) is 75.0 cm³/mol. The minimum absolute atomic E-state index is 0.0911. The first kappa shape index (κ1) is 15.7. The molecule has 0 unspecified atom stereocenters. The van der Waals surface area contributed by atoms with Crippen LogP contribution in [0.3, 0.4) is 0 Å². The minimum atomic E-state index is -2.83. The third-order valence-corrected chi connectivity index (χ3v) is 3.10. The SMILES string of the molecule is Fc1cc(CNCc2ccc(OC(F)F)cc2)ccc1Cl. The van der Waals surface area contributed by atoms with E-state index in [9.17, 15) is 13.2 Å². The van der Waals surface area contributed by atoms with Gasteiger partial charge in [0.05, 0.1) is 5.02 Å². The Kier molecular flexibility index (Phi) is 5.47. The van der Waals surface area contributed by atoms with Gasteiger partial charge in [-0.2, -0.15) is 8.78 Å². The molecule has 0 radical (unpaired) electrons. The van der Waals surface area contributed by atoms with Gasteiger partial charge in [0, 0.05) is 13.1 Å². The minimum Gasteiger partial charge on any atom is -0.435 e. The van der Waals surface area contributed by atoms with Crippen molar-refractivity contribution in [2.24, 2.45) is 0 Å².